The molecule has 2 aromatic carbocycles. The molecule has 0 radical (unpaired) electrons. The zero-order valence-corrected chi connectivity index (χ0v) is 13.5. The van der Waals surface area contributed by atoms with Gasteiger partial charge in [0.25, 0.3) is 0 Å². The lowest BCUT2D eigenvalue weighted by atomic mass is 9.95. The lowest BCUT2D eigenvalue weighted by Gasteiger charge is -2.15. The van der Waals surface area contributed by atoms with Crippen LogP contribution in [0.25, 0.3) is 11.3 Å². The van der Waals surface area contributed by atoms with Crippen molar-refractivity contribution in [3.8, 4) is 11.3 Å². The summed E-state index contributed by atoms with van der Waals surface area (Å²) >= 11 is 0. The van der Waals surface area contributed by atoms with Gasteiger partial charge < -0.3 is 9.73 Å². The van der Waals surface area contributed by atoms with E-state index >= 15 is 0 Å². The largest absolute Gasteiger partial charge is 0.439 e. The molecule has 4 rings (SSSR count). The fourth-order valence-electron chi connectivity index (χ4n) is 2.99. The van der Waals surface area contributed by atoms with Gasteiger partial charge in [0, 0.05) is 5.56 Å². The van der Waals surface area contributed by atoms with E-state index in [-0.39, 0.29) is 18.3 Å². The molecule has 1 aromatic heterocycles. The first-order valence-electron chi connectivity index (χ1n) is 8.22. The zero-order chi connectivity index (χ0) is 17.3. The highest BCUT2D eigenvalue weighted by Gasteiger charge is 2.51. The van der Waals surface area contributed by atoms with E-state index in [4.69, 9.17) is 4.42 Å². The number of oxazole rings is 1. The number of hydrogen-bond donors (Lipinski definition) is 1. The Morgan fingerprint density at radius 2 is 1.84 bits per heavy atom. The van der Waals surface area contributed by atoms with Gasteiger partial charge in [0.15, 0.2) is 5.76 Å². The van der Waals surface area contributed by atoms with Crippen LogP contribution in [-0.4, -0.2) is 10.9 Å². The molecule has 25 heavy (non-hydrogen) atoms. The summed E-state index contributed by atoms with van der Waals surface area (Å²) in [4.78, 5) is 16.8. The maximum absolute atomic E-state index is 13.1. The standard InChI is InChI=1S/C20H17FN2O2/c21-16-8-6-15(7-9-16)20(10-11-20)19(24)23-13-18-22-12-17(25-18)14-4-2-1-3-5-14/h1-9,12H,10-11,13H2,(H,23,24). The average molecular weight is 336 g/mol. The van der Waals surface area contributed by atoms with E-state index in [2.05, 4.69) is 10.3 Å². The SMILES string of the molecule is O=C(NCc1ncc(-c2ccccc2)o1)C1(c2ccc(F)cc2)CC1. The van der Waals surface area contributed by atoms with Gasteiger partial charge in [-0.3, -0.25) is 4.79 Å². The first-order chi connectivity index (χ1) is 12.2. The van der Waals surface area contributed by atoms with E-state index in [9.17, 15) is 9.18 Å². The van der Waals surface area contributed by atoms with Gasteiger partial charge in [0.05, 0.1) is 18.2 Å². The molecule has 1 aliphatic carbocycles. The Balaban J connectivity index is 1.43. The second-order valence-electron chi connectivity index (χ2n) is 6.26. The second-order valence-corrected chi connectivity index (χ2v) is 6.26. The molecule has 0 saturated heterocycles. The Morgan fingerprint density at radius 3 is 2.52 bits per heavy atom. The summed E-state index contributed by atoms with van der Waals surface area (Å²) in [7, 11) is 0. The summed E-state index contributed by atoms with van der Waals surface area (Å²) in [6, 6.07) is 15.8. The summed E-state index contributed by atoms with van der Waals surface area (Å²) in [5.74, 6) is 0.762. The van der Waals surface area contributed by atoms with Crippen molar-refractivity contribution < 1.29 is 13.6 Å². The Bertz CT molecular complexity index is 884. The highest BCUT2D eigenvalue weighted by molar-refractivity contribution is 5.91. The van der Waals surface area contributed by atoms with Crippen molar-refractivity contribution in [3.05, 3.63) is 78.1 Å². The number of halogens is 1. The number of carbonyl (C=O) groups is 1. The molecule has 1 amide bonds. The van der Waals surface area contributed by atoms with Crippen molar-refractivity contribution in [2.24, 2.45) is 0 Å². The molecule has 0 unspecified atom stereocenters. The van der Waals surface area contributed by atoms with Crippen molar-refractivity contribution in [2.75, 3.05) is 0 Å². The Hall–Kier alpha value is -2.95. The molecule has 1 aliphatic rings. The van der Waals surface area contributed by atoms with Crippen LogP contribution in [0, 0.1) is 5.82 Å². The van der Waals surface area contributed by atoms with Crippen molar-refractivity contribution in [2.45, 2.75) is 24.8 Å². The van der Waals surface area contributed by atoms with Crippen LogP contribution in [0.3, 0.4) is 0 Å². The molecule has 1 N–H and O–H groups in total. The molecule has 0 spiro atoms. The van der Waals surface area contributed by atoms with Crippen LogP contribution >= 0.6 is 0 Å². The number of nitrogens with one attached hydrogen (secondary N) is 1. The van der Waals surface area contributed by atoms with Gasteiger partial charge in [0.2, 0.25) is 11.8 Å². The second kappa shape index (κ2) is 6.16. The van der Waals surface area contributed by atoms with Crippen LogP contribution in [0.15, 0.2) is 65.2 Å². The van der Waals surface area contributed by atoms with Crippen LogP contribution < -0.4 is 5.32 Å². The van der Waals surface area contributed by atoms with Crippen molar-refractivity contribution >= 4 is 5.91 Å². The Morgan fingerprint density at radius 1 is 1.12 bits per heavy atom. The summed E-state index contributed by atoms with van der Waals surface area (Å²) in [5.41, 5.74) is 1.25. The van der Waals surface area contributed by atoms with Crippen LogP contribution in [0.5, 0.6) is 0 Å². The van der Waals surface area contributed by atoms with E-state index in [0.717, 1.165) is 24.0 Å². The third-order valence-corrected chi connectivity index (χ3v) is 4.59. The predicted molar refractivity (Wildman–Crippen MR) is 91.1 cm³/mol. The van der Waals surface area contributed by atoms with Crippen LogP contribution in [0.2, 0.25) is 0 Å². The van der Waals surface area contributed by atoms with Crippen LogP contribution in [0.4, 0.5) is 4.39 Å². The third-order valence-electron chi connectivity index (χ3n) is 4.59. The van der Waals surface area contributed by atoms with Gasteiger partial charge >= 0.3 is 0 Å². The minimum absolute atomic E-state index is 0.0708. The predicted octanol–water partition coefficient (Wildman–Crippen LogP) is 3.83. The molecule has 0 aliphatic heterocycles. The molecule has 1 fully saturated rings. The molecule has 0 bridgehead atoms. The quantitative estimate of drug-likeness (QED) is 0.770. The van der Waals surface area contributed by atoms with Gasteiger partial charge in [-0.2, -0.15) is 0 Å². The van der Waals surface area contributed by atoms with E-state index < -0.39 is 5.41 Å². The van der Waals surface area contributed by atoms with Gasteiger partial charge in [-0.1, -0.05) is 42.5 Å². The summed E-state index contributed by atoms with van der Waals surface area (Å²) < 4.78 is 18.8. The summed E-state index contributed by atoms with van der Waals surface area (Å²) in [5, 5.41) is 2.89. The maximum Gasteiger partial charge on any atom is 0.231 e. The van der Waals surface area contributed by atoms with E-state index in [1.807, 2.05) is 30.3 Å². The van der Waals surface area contributed by atoms with Crippen molar-refractivity contribution in [1.82, 2.24) is 10.3 Å². The molecular weight excluding hydrogens is 319 g/mol. The molecule has 126 valence electrons. The van der Waals surface area contributed by atoms with Crippen molar-refractivity contribution in [3.63, 3.8) is 0 Å². The summed E-state index contributed by atoms with van der Waals surface area (Å²) in [6.45, 7) is 0.231. The number of amides is 1. The zero-order valence-electron chi connectivity index (χ0n) is 13.5. The third kappa shape index (κ3) is 3.05. The molecule has 0 atom stereocenters. The highest BCUT2D eigenvalue weighted by Crippen LogP contribution is 2.48. The first-order valence-corrected chi connectivity index (χ1v) is 8.22. The van der Waals surface area contributed by atoms with Gasteiger partial charge in [0.1, 0.15) is 5.82 Å². The summed E-state index contributed by atoms with van der Waals surface area (Å²) in [6.07, 6.45) is 3.19. The number of aromatic nitrogens is 1. The monoisotopic (exact) mass is 336 g/mol. The number of rotatable bonds is 5. The first kappa shape index (κ1) is 15.6. The molecule has 1 heterocycles. The number of carbonyl (C=O) groups excluding carboxylic acids is 1. The van der Waals surface area contributed by atoms with E-state index in [1.165, 1.54) is 12.1 Å². The number of benzene rings is 2. The van der Waals surface area contributed by atoms with Crippen LogP contribution in [-0.2, 0) is 16.8 Å². The van der Waals surface area contributed by atoms with Gasteiger partial charge in [-0.15, -0.1) is 0 Å². The normalized spacial score (nSPS) is 14.9. The number of nitrogens with zero attached hydrogens (tertiary/aromatic N) is 1. The van der Waals surface area contributed by atoms with Gasteiger partial charge in [-0.25, -0.2) is 9.37 Å². The van der Waals surface area contributed by atoms with Crippen LogP contribution in [0.1, 0.15) is 24.3 Å². The number of hydrogen-bond acceptors (Lipinski definition) is 3. The van der Waals surface area contributed by atoms with Crippen molar-refractivity contribution in [1.29, 1.82) is 0 Å². The topological polar surface area (TPSA) is 55.1 Å². The molecule has 4 nitrogen and oxygen atoms in total. The minimum atomic E-state index is -0.539. The lowest BCUT2D eigenvalue weighted by Crippen LogP contribution is -2.34. The molecule has 3 aromatic rings. The van der Waals surface area contributed by atoms with E-state index in [1.54, 1.807) is 18.3 Å². The Kier molecular flexibility index (Phi) is 3.84. The Labute approximate surface area is 144 Å². The fraction of sp³-hybridized carbons (Fsp3) is 0.200. The maximum atomic E-state index is 13.1. The molecule has 1 saturated carbocycles. The van der Waals surface area contributed by atoms with Gasteiger partial charge in [-0.05, 0) is 30.5 Å². The minimum Gasteiger partial charge on any atom is -0.439 e. The molecular formula is C20H17FN2O2. The highest BCUT2D eigenvalue weighted by atomic mass is 19.1. The lowest BCUT2D eigenvalue weighted by molar-refractivity contribution is -0.123. The molecule has 5 heteroatoms. The average Bonchev–Trinajstić information content (AvgIpc) is 3.32. The smallest absolute Gasteiger partial charge is 0.231 e. The van der Waals surface area contributed by atoms with E-state index in [0.29, 0.717) is 11.7 Å². The fourth-order valence-corrected chi connectivity index (χ4v) is 2.99.